The van der Waals surface area contributed by atoms with Crippen molar-refractivity contribution in [3.05, 3.63) is 35.4 Å². The van der Waals surface area contributed by atoms with Crippen molar-refractivity contribution in [2.75, 3.05) is 31.8 Å². The van der Waals surface area contributed by atoms with Crippen LogP contribution in [0.2, 0.25) is 0 Å². The van der Waals surface area contributed by atoms with Crippen LogP contribution in [-0.2, 0) is 34.4 Å². The highest BCUT2D eigenvalue weighted by Gasteiger charge is 2.50. The number of hydrogen-bond acceptors (Lipinski definition) is 12. The normalized spacial score (nSPS) is 13.3. The number of thioether (sulfide) groups is 1. The number of hydrogen-bond donors (Lipinski definition) is 10. The number of aldehydes is 1. The second kappa shape index (κ2) is 19.5. The number of carboxylic acid groups (broad SMARTS) is 2. The van der Waals surface area contributed by atoms with E-state index in [4.69, 9.17) is 33.1 Å². The summed E-state index contributed by atoms with van der Waals surface area (Å²) in [6.45, 7) is -0.182. The molecule has 248 valence electrons. The maximum absolute atomic E-state index is 13.0. The van der Waals surface area contributed by atoms with Crippen LogP contribution in [-0.4, -0.2) is 96.2 Å². The molecule has 0 bridgehead atoms. The molecule has 0 aromatic heterocycles. The van der Waals surface area contributed by atoms with Gasteiger partial charge in [-0.15, -0.1) is 11.8 Å². The Morgan fingerprint density at radius 2 is 1.59 bits per heavy atom. The van der Waals surface area contributed by atoms with Gasteiger partial charge in [0.15, 0.2) is 5.66 Å². The number of alkyl halides is 3. The molecule has 1 aromatic rings. The highest BCUT2D eigenvalue weighted by atomic mass is 32.2. The summed E-state index contributed by atoms with van der Waals surface area (Å²) >= 11 is 0.832. The van der Waals surface area contributed by atoms with E-state index in [2.05, 4.69) is 21.3 Å². The van der Waals surface area contributed by atoms with Gasteiger partial charge in [0.25, 0.3) is 0 Å². The van der Waals surface area contributed by atoms with Gasteiger partial charge in [-0.3, -0.25) is 24.0 Å². The number of carbonyl (C=O) groups excluding carboxylic acids is 4. The molecule has 1 aromatic carbocycles. The van der Waals surface area contributed by atoms with Crippen LogP contribution in [0.4, 0.5) is 13.2 Å². The first-order valence-corrected chi connectivity index (χ1v) is 13.8. The summed E-state index contributed by atoms with van der Waals surface area (Å²) in [5, 5.41) is 27.0. The van der Waals surface area contributed by atoms with E-state index < -0.39 is 71.7 Å². The Bertz CT molecular complexity index is 1120. The molecule has 0 saturated carbocycles. The highest BCUT2D eigenvalue weighted by molar-refractivity contribution is 8.00. The SMILES string of the molecule is CNCN.NC(CCC(=O)NC(CSCC(=O)NC(C=O)c1ccc(C(N)(N)C(F)(F)F)cc1)C(=O)NCC(=O)O)C(=O)O. The average Bonchev–Trinajstić information content (AvgIpc) is 2.96. The van der Waals surface area contributed by atoms with Crippen LogP contribution in [0, 0.1) is 0 Å². The van der Waals surface area contributed by atoms with Gasteiger partial charge in [0, 0.05) is 18.8 Å². The first-order valence-electron chi connectivity index (χ1n) is 12.6. The van der Waals surface area contributed by atoms with E-state index in [0.717, 1.165) is 36.0 Å². The number of aliphatic carboxylic acids is 2. The third-order valence-electron chi connectivity index (χ3n) is 5.46. The summed E-state index contributed by atoms with van der Waals surface area (Å²) in [5.41, 5.74) is 17.1. The standard InChI is InChI=1S/C22H29F3N6O8S.C2H8N2/c23-22(24,25)21(27,28)12-3-1-11(2-4-12)14(8-32)30-17(34)10-40-9-15(19(37)29-7-18(35)36)31-16(33)6-5-13(26)20(38)39;1-4-2-3/h1-4,8,13-15H,5-7,9-10,26-28H2,(H,29,37)(H,30,34)(H,31,33)(H,35,36)(H,38,39);4H,2-3H2,1H3. The number of benzene rings is 1. The first kappa shape index (κ1) is 40.2. The molecule has 44 heavy (non-hydrogen) atoms. The van der Waals surface area contributed by atoms with E-state index in [9.17, 15) is 41.9 Å². The van der Waals surface area contributed by atoms with Crippen molar-refractivity contribution in [1.29, 1.82) is 0 Å². The number of nitrogens with one attached hydrogen (secondary N) is 4. The molecule has 0 aliphatic carbocycles. The Kier molecular flexibility index (Phi) is 17.8. The van der Waals surface area contributed by atoms with Gasteiger partial charge in [0.2, 0.25) is 17.7 Å². The van der Waals surface area contributed by atoms with E-state index >= 15 is 0 Å². The maximum Gasteiger partial charge on any atom is 0.423 e. The van der Waals surface area contributed by atoms with Crippen molar-refractivity contribution in [2.45, 2.75) is 42.8 Å². The van der Waals surface area contributed by atoms with Crippen molar-refractivity contribution in [3.8, 4) is 0 Å². The second-order valence-corrected chi connectivity index (χ2v) is 9.99. The minimum absolute atomic E-state index is 0.132. The van der Waals surface area contributed by atoms with E-state index in [1.165, 1.54) is 0 Å². The van der Waals surface area contributed by atoms with E-state index in [-0.39, 0.29) is 29.9 Å². The van der Waals surface area contributed by atoms with Crippen LogP contribution >= 0.6 is 11.8 Å². The maximum atomic E-state index is 13.0. The van der Waals surface area contributed by atoms with Gasteiger partial charge in [-0.05, 0) is 24.6 Å². The number of carbonyl (C=O) groups is 6. The lowest BCUT2D eigenvalue weighted by molar-refractivity contribution is -0.188. The molecule has 1 rings (SSSR count). The lowest BCUT2D eigenvalue weighted by atomic mass is 9.97. The summed E-state index contributed by atoms with van der Waals surface area (Å²) in [7, 11) is 1.81. The van der Waals surface area contributed by atoms with Crippen molar-refractivity contribution in [1.82, 2.24) is 21.3 Å². The summed E-state index contributed by atoms with van der Waals surface area (Å²) < 4.78 is 39.1. The lowest BCUT2D eigenvalue weighted by Gasteiger charge is -2.28. The zero-order valence-electron chi connectivity index (χ0n) is 23.6. The Hall–Kier alpha value is -3.82. The van der Waals surface area contributed by atoms with Gasteiger partial charge in [-0.2, -0.15) is 13.2 Å². The molecule has 0 saturated heterocycles. The Balaban J connectivity index is 0.00000433. The molecule has 0 heterocycles. The van der Waals surface area contributed by atoms with Gasteiger partial charge >= 0.3 is 18.1 Å². The third-order valence-corrected chi connectivity index (χ3v) is 6.49. The Labute approximate surface area is 254 Å². The Morgan fingerprint density at radius 1 is 1.02 bits per heavy atom. The van der Waals surface area contributed by atoms with Gasteiger partial charge < -0.3 is 59.2 Å². The van der Waals surface area contributed by atoms with Crippen molar-refractivity contribution in [2.24, 2.45) is 22.9 Å². The molecule has 3 unspecified atom stereocenters. The molecule has 20 heteroatoms. The predicted octanol–water partition coefficient (Wildman–Crippen LogP) is -2.59. The molecule has 3 atom stereocenters. The fourth-order valence-corrected chi connectivity index (χ4v) is 3.81. The van der Waals surface area contributed by atoms with E-state index in [1.807, 2.05) is 0 Å². The van der Waals surface area contributed by atoms with Crippen molar-refractivity contribution in [3.63, 3.8) is 0 Å². The molecule has 0 radical (unpaired) electrons. The molecular formula is C24H37F3N8O8S. The van der Waals surface area contributed by atoms with E-state index in [1.54, 1.807) is 7.05 Å². The summed E-state index contributed by atoms with van der Waals surface area (Å²) in [6.07, 6.45) is -5.19. The van der Waals surface area contributed by atoms with Crippen LogP contribution < -0.4 is 44.2 Å². The van der Waals surface area contributed by atoms with Crippen molar-refractivity contribution < 1.29 is 52.2 Å². The zero-order valence-corrected chi connectivity index (χ0v) is 24.4. The highest BCUT2D eigenvalue weighted by Crippen LogP contribution is 2.32. The van der Waals surface area contributed by atoms with Crippen LogP contribution in [0.15, 0.2) is 24.3 Å². The number of carboxylic acids is 2. The summed E-state index contributed by atoms with van der Waals surface area (Å²) in [4.78, 5) is 69.8. The monoisotopic (exact) mass is 654 g/mol. The molecule has 3 amide bonds. The summed E-state index contributed by atoms with van der Waals surface area (Å²) in [5.74, 6) is -5.58. The first-order chi connectivity index (χ1) is 20.4. The number of rotatable bonds is 17. The molecule has 0 spiro atoms. The van der Waals surface area contributed by atoms with Crippen molar-refractivity contribution >= 4 is 47.7 Å². The fourth-order valence-electron chi connectivity index (χ4n) is 2.96. The van der Waals surface area contributed by atoms with Gasteiger partial charge in [-0.25, -0.2) is 0 Å². The molecule has 14 N–H and O–H groups in total. The molecular weight excluding hydrogens is 617 g/mol. The van der Waals surface area contributed by atoms with Crippen LogP contribution in [0.3, 0.4) is 0 Å². The topological polar surface area (TPSA) is 295 Å². The summed E-state index contributed by atoms with van der Waals surface area (Å²) in [6, 6.07) is 0.335. The molecule has 0 aliphatic rings. The smallest absolute Gasteiger partial charge is 0.423 e. The largest absolute Gasteiger partial charge is 0.480 e. The number of halogens is 3. The van der Waals surface area contributed by atoms with Crippen LogP contribution in [0.5, 0.6) is 0 Å². The average molecular weight is 655 g/mol. The van der Waals surface area contributed by atoms with Gasteiger partial charge in [-0.1, -0.05) is 24.3 Å². The third kappa shape index (κ3) is 14.6. The predicted molar refractivity (Wildman–Crippen MR) is 152 cm³/mol. The molecule has 0 aliphatic heterocycles. The lowest BCUT2D eigenvalue weighted by Crippen LogP contribution is -2.57. The molecule has 0 fully saturated rings. The number of amides is 3. The van der Waals surface area contributed by atoms with Gasteiger partial charge in [0.1, 0.15) is 31.0 Å². The fraction of sp³-hybridized carbons (Fsp3) is 0.500. The quantitative estimate of drug-likeness (QED) is 0.0609. The van der Waals surface area contributed by atoms with Crippen LogP contribution in [0.25, 0.3) is 0 Å². The van der Waals surface area contributed by atoms with Gasteiger partial charge in [0.05, 0.1) is 5.75 Å². The minimum atomic E-state index is -4.95. The van der Waals surface area contributed by atoms with E-state index in [0.29, 0.717) is 13.0 Å². The second-order valence-electron chi connectivity index (χ2n) is 8.96. The minimum Gasteiger partial charge on any atom is -0.480 e. The number of nitrogens with two attached hydrogens (primary N) is 4. The van der Waals surface area contributed by atoms with Crippen LogP contribution in [0.1, 0.15) is 30.0 Å². The Morgan fingerprint density at radius 3 is 2.05 bits per heavy atom. The molecule has 16 nitrogen and oxygen atoms in total. The zero-order chi connectivity index (χ0) is 34.1.